The zero-order valence-corrected chi connectivity index (χ0v) is 10.6. The van der Waals surface area contributed by atoms with Crippen LogP contribution in [0.2, 0.25) is 0 Å². The maximum absolute atomic E-state index is 12.1. The summed E-state index contributed by atoms with van der Waals surface area (Å²) in [6.07, 6.45) is 5.56. The standard InChI is InChI=1S/C13H20N4O/c18-13(15-8-9-3-2-6-14-7-9)12-10-4-1-5-11(10)16-17-12/h9,14H,1-8H2,(H,15,18)(H,16,17). The molecule has 1 aliphatic heterocycles. The van der Waals surface area contributed by atoms with Gasteiger partial charge in [-0.05, 0) is 51.1 Å². The van der Waals surface area contributed by atoms with Crippen LogP contribution in [0.25, 0.3) is 0 Å². The van der Waals surface area contributed by atoms with E-state index < -0.39 is 0 Å². The van der Waals surface area contributed by atoms with Gasteiger partial charge in [0.05, 0.1) is 0 Å². The van der Waals surface area contributed by atoms with E-state index in [1.807, 2.05) is 0 Å². The molecule has 1 saturated heterocycles. The van der Waals surface area contributed by atoms with Gasteiger partial charge in [-0.3, -0.25) is 9.89 Å². The van der Waals surface area contributed by atoms with Gasteiger partial charge in [0.2, 0.25) is 0 Å². The molecule has 1 unspecified atom stereocenters. The lowest BCUT2D eigenvalue weighted by Gasteiger charge is -2.22. The molecule has 3 N–H and O–H groups in total. The molecule has 1 amide bonds. The number of piperidine rings is 1. The molecule has 5 heteroatoms. The Morgan fingerprint density at radius 2 is 2.33 bits per heavy atom. The summed E-state index contributed by atoms with van der Waals surface area (Å²) >= 11 is 0. The Balaban J connectivity index is 1.57. The van der Waals surface area contributed by atoms with E-state index in [-0.39, 0.29) is 5.91 Å². The van der Waals surface area contributed by atoms with E-state index in [1.54, 1.807) is 0 Å². The number of aromatic nitrogens is 2. The van der Waals surface area contributed by atoms with Crippen LogP contribution in [0, 0.1) is 5.92 Å². The minimum Gasteiger partial charge on any atom is -0.350 e. The number of H-pyrrole nitrogens is 1. The first-order chi connectivity index (χ1) is 8.84. The van der Waals surface area contributed by atoms with Crippen molar-refractivity contribution in [2.24, 2.45) is 5.92 Å². The zero-order chi connectivity index (χ0) is 12.4. The lowest BCUT2D eigenvalue weighted by Crippen LogP contribution is -2.38. The predicted octanol–water partition coefficient (Wildman–Crippen LogP) is 0.628. The highest BCUT2D eigenvalue weighted by atomic mass is 16.1. The quantitative estimate of drug-likeness (QED) is 0.734. The second kappa shape index (κ2) is 5.10. The molecule has 0 saturated carbocycles. The Morgan fingerprint density at radius 1 is 1.39 bits per heavy atom. The molecule has 2 aliphatic rings. The highest BCUT2D eigenvalue weighted by Crippen LogP contribution is 2.22. The fourth-order valence-corrected chi connectivity index (χ4v) is 2.93. The third-order valence-corrected chi connectivity index (χ3v) is 3.97. The smallest absolute Gasteiger partial charge is 0.272 e. The number of nitrogens with zero attached hydrogens (tertiary/aromatic N) is 1. The Hall–Kier alpha value is -1.36. The van der Waals surface area contributed by atoms with Gasteiger partial charge >= 0.3 is 0 Å². The van der Waals surface area contributed by atoms with Crippen LogP contribution in [0.1, 0.15) is 41.0 Å². The van der Waals surface area contributed by atoms with Crippen molar-refractivity contribution in [2.75, 3.05) is 19.6 Å². The van der Waals surface area contributed by atoms with Crippen molar-refractivity contribution < 1.29 is 4.79 Å². The molecule has 5 nitrogen and oxygen atoms in total. The van der Waals surface area contributed by atoms with Gasteiger partial charge in [0.15, 0.2) is 5.69 Å². The number of carbonyl (C=O) groups is 1. The van der Waals surface area contributed by atoms with Gasteiger partial charge in [-0.25, -0.2) is 0 Å². The summed E-state index contributed by atoms with van der Waals surface area (Å²) in [6.45, 7) is 2.88. The van der Waals surface area contributed by atoms with E-state index in [9.17, 15) is 4.79 Å². The summed E-state index contributed by atoms with van der Waals surface area (Å²) in [5.74, 6) is 0.551. The van der Waals surface area contributed by atoms with E-state index >= 15 is 0 Å². The molecular formula is C13H20N4O. The van der Waals surface area contributed by atoms with Gasteiger partial charge in [-0.15, -0.1) is 0 Å². The maximum atomic E-state index is 12.1. The third-order valence-electron chi connectivity index (χ3n) is 3.97. The molecule has 0 bridgehead atoms. The minimum atomic E-state index is -0.0139. The SMILES string of the molecule is O=C(NCC1CCCNC1)c1n[nH]c2c1CCC2. The van der Waals surface area contributed by atoms with E-state index in [2.05, 4.69) is 20.8 Å². The second-order valence-corrected chi connectivity index (χ2v) is 5.31. The number of amides is 1. The summed E-state index contributed by atoms with van der Waals surface area (Å²) in [5, 5.41) is 13.5. The Bertz CT molecular complexity index is 434. The highest BCUT2D eigenvalue weighted by Gasteiger charge is 2.23. The molecule has 2 heterocycles. The molecule has 1 fully saturated rings. The Kier molecular flexibility index (Phi) is 3.32. The Labute approximate surface area is 107 Å². The molecule has 0 aromatic carbocycles. The number of fused-ring (bicyclic) bond motifs is 1. The van der Waals surface area contributed by atoms with Crippen molar-refractivity contribution in [3.8, 4) is 0 Å². The summed E-state index contributed by atoms with van der Waals surface area (Å²) in [6, 6.07) is 0. The monoisotopic (exact) mass is 248 g/mol. The van der Waals surface area contributed by atoms with Crippen molar-refractivity contribution in [1.82, 2.24) is 20.8 Å². The molecule has 1 aliphatic carbocycles. The number of carbonyl (C=O) groups excluding carboxylic acids is 1. The minimum absolute atomic E-state index is 0.0139. The highest BCUT2D eigenvalue weighted by molar-refractivity contribution is 5.94. The average molecular weight is 248 g/mol. The van der Waals surface area contributed by atoms with Crippen LogP contribution in [-0.4, -0.2) is 35.7 Å². The molecule has 18 heavy (non-hydrogen) atoms. The maximum Gasteiger partial charge on any atom is 0.272 e. The first-order valence-electron chi connectivity index (χ1n) is 6.89. The fourth-order valence-electron chi connectivity index (χ4n) is 2.93. The van der Waals surface area contributed by atoms with Gasteiger partial charge in [-0.2, -0.15) is 5.10 Å². The molecule has 1 aromatic rings. The van der Waals surface area contributed by atoms with Crippen molar-refractivity contribution in [1.29, 1.82) is 0 Å². The fraction of sp³-hybridized carbons (Fsp3) is 0.692. The van der Waals surface area contributed by atoms with Crippen molar-refractivity contribution in [3.63, 3.8) is 0 Å². The number of hydrogen-bond acceptors (Lipinski definition) is 3. The third kappa shape index (κ3) is 2.27. The number of aryl methyl sites for hydroxylation is 1. The number of rotatable bonds is 3. The molecule has 1 aromatic heterocycles. The lowest BCUT2D eigenvalue weighted by atomic mass is 10.00. The average Bonchev–Trinajstić information content (AvgIpc) is 2.99. The van der Waals surface area contributed by atoms with Crippen LogP contribution in [0.3, 0.4) is 0 Å². The Morgan fingerprint density at radius 3 is 3.17 bits per heavy atom. The predicted molar refractivity (Wildman–Crippen MR) is 68.5 cm³/mol. The van der Waals surface area contributed by atoms with E-state index in [1.165, 1.54) is 12.8 Å². The number of hydrogen-bond donors (Lipinski definition) is 3. The number of aromatic amines is 1. The van der Waals surface area contributed by atoms with Crippen LogP contribution >= 0.6 is 0 Å². The van der Waals surface area contributed by atoms with E-state index in [0.29, 0.717) is 11.6 Å². The van der Waals surface area contributed by atoms with Gasteiger partial charge in [-0.1, -0.05) is 0 Å². The lowest BCUT2D eigenvalue weighted by molar-refractivity contribution is 0.0939. The zero-order valence-electron chi connectivity index (χ0n) is 10.6. The second-order valence-electron chi connectivity index (χ2n) is 5.31. The summed E-state index contributed by atoms with van der Waals surface area (Å²) in [5.41, 5.74) is 2.90. The van der Waals surface area contributed by atoms with Gasteiger partial charge in [0.25, 0.3) is 5.91 Å². The summed E-state index contributed by atoms with van der Waals surface area (Å²) < 4.78 is 0. The van der Waals surface area contributed by atoms with E-state index in [4.69, 9.17) is 0 Å². The summed E-state index contributed by atoms with van der Waals surface area (Å²) in [4.78, 5) is 12.1. The van der Waals surface area contributed by atoms with Gasteiger partial charge in [0.1, 0.15) is 0 Å². The largest absolute Gasteiger partial charge is 0.350 e. The molecule has 3 rings (SSSR count). The van der Waals surface area contributed by atoms with Crippen molar-refractivity contribution in [3.05, 3.63) is 17.0 Å². The molecule has 98 valence electrons. The van der Waals surface area contributed by atoms with Crippen LogP contribution in [0.15, 0.2) is 0 Å². The van der Waals surface area contributed by atoms with Crippen molar-refractivity contribution in [2.45, 2.75) is 32.1 Å². The van der Waals surface area contributed by atoms with Crippen LogP contribution in [0.5, 0.6) is 0 Å². The molecule has 0 radical (unpaired) electrons. The first-order valence-corrected chi connectivity index (χ1v) is 6.89. The van der Waals surface area contributed by atoms with Gasteiger partial charge < -0.3 is 10.6 Å². The molecular weight excluding hydrogens is 228 g/mol. The number of nitrogens with one attached hydrogen (secondary N) is 3. The van der Waals surface area contributed by atoms with Crippen LogP contribution in [-0.2, 0) is 12.8 Å². The molecule has 0 spiro atoms. The van der Waals surface area contributed by atoms with Crippen LogP contribution in [0.4, 0.5) is 0 Å². The van der Waals surface area contributed by atoms with E-state index in [0.717, 1.165) is 50.2 Å². The van der Waals surface area contributed by atoms with Gasteiger partial charge in [0, 0.05) is 17.8 Å². The normalized spacial score (nSPS) is 22.8. The van der Waals surface area contributed by atoms with Crippen LogP contribution < -0.4 is 10.6 Å². The topological polar surface area (TPSA) is 69.8 Å². The summed E-state index contributed by atoms with van der Waals surface area (Å²) in [7, 11) is 0. The molecule has 1 atom stereocenters. The van der Waals surface area contributed by atoms with Crippen molar-refractivity contribution >= 4 is 5.91 Å². The first kappa shape index (κ1) is 11.7.